The average Bonchev–Trinajstić information content (AvgIpc) is 2.66. The highest BCUT2D eigenvalue weighted by Crippen LogP contribution is 2.26. The lowest BCUT2D eigenvalue weighted by atomic mass is 10.1. The Bertz CT molecular complexity index is 616. The number of halogens is 2. The number of hydrogen-bond acceptors (Lipinski definition) is 4. The molecule has 0 N–H and O–H groups in total. The summed E-state index contributed by atoms with van der Waals surface area (Å²) in [6, 6.07) is 5.28. The highest BCUT2D eigenvalue weighted by atomic mass is 35.5. The first-order valence-electron chi connectivity index (χ1n) is 5.92. The normalized spacial score (nSPS) is 21.9. The van der Waals surface area contributed by atoms with Gasteiger partial charge in [-0.15, -0.1) is 5.10 Å². The van der Waals surface area contributed by atoms with Crippen LogP contribution in [0, 0.1) is 0 Å². The third kappa shape index (κ3) is 3.16. The Labute approximate surface area is 131 Å². The van der Waals surface area contributed by atoms with Crippen LogP contribution in [-0.2, 0) is 4.79 Å². The van der Waals surface area contributed by atoms with E-state index in [1.54, 1.807) is 19.2 Å². The van der Waals surface area contributed by atoms with Gasteiger partial charge in [-0.25, -0.2) is 0 Å². The van der Waals surface area contributed by atoms with Gasteiger partial charge in [-0.05, 0) is 31.5 Å². The molecule has 1 unspecified atom stereocenters. The van der Waals surface area contributed by atoms with Crippen molar-refractivity contribution in [3.63, 3.8) is 0 Å². The van der Waals surface area contributed by atoms with E-state index >= 15 is 0 Å². The van der Waals surface area contributed by atoms with E-state index < -0.39 is 0 Å². The number of carbonyl (C=O) groups excluding carboxylic acids is 1. The SMILES string of the molecule is C/C(=N\N=C1\SC(C)C(=O)N1C)c1ccc(Cl)c(Cl)c1. The molecular formula is C13H13Cl2N3OS. The third-order valence-electron chi connectivity index (χ3n) is 2.87. The number of benzene rings is 1. The summed E-state index contributed by atoms with van der Waals surface area (Å²) in [6.45, 7) is 3.68. The van der Waals surface area contributed by atoms with E-state index in [0.717, 1.165) is 5.56 Å². The van der Waals surface area contributed by atoms with Gasteiger partial charge >= 0.3 is 0 Å². The average molecular weight is 330 g/mol. The fraction of sp³-hybridized carbons (Fsp3) is 0.308. The van der Waals surface area contributed by atoms with Crippen LogP contribution in [0.5, 0.6) is 0 Å². The molecule has 20 heavy (non-hydrogen) atoms. The molecule has 2 rings (SSSR count). The summed E-state index contributed by atoms with van der Waals surface area (Å²) in [4.78, 5) is 13.2. The van der Waals surface area contributed by atoms with Gasteiger partial charge in [0, 0.05) is 7.05 Å². The highest BCUT2D eigenvalue weighted by Gasteiger charge is 2.32. The molecule has 0 bridgehead atoms. The zero-order chi connectivity index (χ0) is 14.9. The number of thioether (sulfide) groups is 1. The largest absolute Gasteiger partial charge is 0.292 e. The molecule has 1 aliphatic heterocycles. The first kappa shape index (κ1) is 15.4. The van der Waals surface area contributed by atoms with Gasteiger partial charge in [0.1, 0.15) is 0 Å². The maximum absolute atomic E-state index is 11.7. The number of amides is 1. The van der Waals surface area contributed by atoms with Crippen molar-refractivity contribution < 1.29 is 4.79 Å². The standard InChI is InChI=1S/C13H13Cl2N3OS/c1-7(9-4-5-10(14)11(15)6-9)16-17-13-18(3)12(19)8(2)20-13/h4-6,8H,1-3H3/b16-7+,17-13+. The van der Waals surface area contributed by atoms with Crippen LogP contribution in [0.3, 0.4) is 0 Å². The molecule has 0 spiro atoms. The van der Waals surface area contributed by atoms with Crippen molar-refractivity contribution in [2.45, 2.75) is 19.1 Å². The maximum Gasteiger partial charge on any atom is 0.241 e. The van der Waals surface area contributed by atoms with E-state index in [1.807, 2.05) is 19.9 Å². The summed E-state index contributed by atoms with van der Waals surface area (Å²) < 4.78 is 0. The van der Waals surface area contributed by atoms with Crippen LogP contribution in [0.15, 0.2) is 28.4 Å². The minimum Gasteiger partial charge on any atom is -0.292 e. The molecule has 1 fully saturated rings. The zero-order valence-electron chi connectivity index (χ0n) is 11.2. The fourth-order valence-corrected chi connectivity index (χ4v) is 2.85. The van der Waals surface area contributed by atoms with E-state index in [2.05, 4.69) is 10.2 Å². The molecule has 1 atom stereocenters. The van der Waals surface area contributed by atoms with E-state index in [9.17, 15) is 4.79 Å². The topological polar surface area (TPSA) is 45.0 Å². The molecule has 4 nitrogen and oxygen atoms in total. The quantitative estimate of drug-likeness (QED) is 0.613. The van der Waals surface area contributed by atoms with E-state index in [0.29, 0.717) is 20.9 Å². The Morgan fingerprint density at radius 2 is 2.05 bits per heavy atom. The van der Waals surface area contributed by atoms with Crippen LogP contribution in [0.4, 0.5) is 0 Å². The maximum atomic E-state index is 11.7. The second-order valence-electron chi connectivity index (χ2n) is 4.35. The molecule has 0 aliphatic carbocycles. The predicted octanol–water partition coefficient (Wildman–Crippen LogP) is 3.67. The smallest absolute Gasteiger partial charge is 0.241 e. The molecule has 0 radical (unpaired) electrons. The van der Waals surface area contributed by atoms with Crippen LogP contribution in [0.1, 0.15) is 19.4 Å². The number of carbonyl (C=O) groups is 1. The monoisotopic (exact) mass is 329 g/mol. The molecule has 1 aromatic rings. The van der Waals surface area contributed by atoms with Gasteiger partial charge in [0.2, 0.25) is 5.91 Å². The van der Waals surface area contributed by atoms with E-state index in [-0.39, 0.29) is 11.2 Å². The Hall–Kier alpha value is -1.04. The summed E-state index contributed by atoms with van der Waals surface area (Å²) in [6.07, 6.45) is 0. The molecule has 106 valence electrons. The minimum atomic E-state index is -0.112. The summed E-state index contributed by atoms with van der Waals surface area (Å²) in [5.74, 6) is 0.0381. The second kappa shape index (κ2) is 6.16. The predicted molar refractivity (Wildman–Crippen MR) is 85.9 cm³/mol. The van der Waals surface area contributed by atoms with Crippen LogP contribution in [0.2, 0.25) is 10.0 Å². The Kier molecular flexibility index (Phi) is 4.73. The van der Waals surface area contributed by atoms with E-state index in [4.69, 9.17) is 23.2 Å². The Balaban J connectivity index is 2.23. The summed E-state index contributed by atoms with van der Waals surface area (Å²) in [5.41, 5.74) is 1.55. The lowest BCUT2D eigenvalue weighted by Gasteiger charge is -2.06. The van der Waals surface area contributed by atoms with Crippen molar-refractivity contribution in [2.75, 3.05) is 7.05 Å². The fourth-order valence-electron chi connectivity index (χ4n) is 1.64. The lowest BCUT2D eigenvalue weighted by molar-refractivity contribution is -0.124. The molecule has 1 amide bonds. The molecule has 1 aliphatic rings. The molecular weight excluding hydrogens is 317 g/mol. The highest BCUT2D eigenvalue weighted by molar-refractivity contribution is 8.15. The lowest BCUT2D eigenvalue weighted by Crippen LogP contribution is -2.26. The van der Waals surface area contributed by atoms with Crippen LogP contribution < -0.4 is 0 Å². The van der Waals surface area contributed by atoms with Crippen LogP contribution in [0.25, 0.3) is 0 Å². The molecule has 0 saturated carbocycles. The first-order valence-corrected chi connectivity index (χ1v) is 7.55. The van der Waals surface area contributed by atoms with Crippen molar-refractivity contribution in [1.29, 1.82) is 0 Å². The number of hydrogen-bond donors (Lipinski definition) is 0. The minimum absolute atomic E-state index is 0.0381. The van der Waals surface area contributed by atoms with Gasteiger partial charge in [0.15, 0.2) is 5.17 Å². The molecule has 7 heteroatoms. The summed E-state index contributed by atoms with van der Waals surface area (Å²) >= 11 is 13.2. The molecule has 1 aromatic carbocycles. The second-order valence-corrected chi connectivity index (χ2v) is 6.48. The number of amidine groups is 1. The van der Waals surface area contributed by atoms with Crippen molar-refractivity contribution >= 4 is 51.8 Å². The third-order valence-corrected chi connectivity index (χ3v) is 4.73. The zero-order valence-corrected chi connectivity index (χ0v) is 13.6. The Morgan fingerprint density at radius 1 is 1.35 bits per heavy atom. The van der Waals surface area contributed by atoms with Crippen molar-refractivity contribution in [1.82, 2.24) is 4.90 Å². The molecule has 1 heterocycles. The van der Waals surface area contributed by atoms with Crippen molar-refractivity contribution in [2.24, 2.45) is 10.2 Å². The van der Waals surface area contributed by atoms with Gasteiger partial charge in [-0.3, -0.25) is 9.69 Å². The summed E-state index contributed by atoms with van der Waals surface area (Å²) in [7, 11) is 1.70. The Morgan fingerprint density at radius 3 is 2.60 bits per heavy atom. The molecule has 1 saturated heterocycles. The number of rotatable bonds is 2. The van der Waals surface area contributed by atoms with Gasteiger partial charge < -0.3 is 0 Å². The van der Waals surface area contributed by atoms with Crippen LogP contribution >= 0.6 is 35.0 Å². The van der Waals surface area contributed by atoms with Gasteiger partial charge in [0.25, 0.3) is 0 Å². The summed E-state index contributed by atoms with van der Waals surface area (Å²) in [5, 5.41) is 9.75. The van der Waals surface area contributed by atoms with Crippen molar-refractivity contribution in [3.05, 3.63) is 33.8 Å². The first-order chi connectivity index (χ1) is 9.40. The van der Waals surface area contributed by atoms with Crippen LogP contribution in [-0.4, -0.2) is 34.0 Å². The van der Waals surface area contributed by atoms with Gasteiger partial charge in [-0.1, -0.05) is 41.0 Å². The number of nitrogens with zero attached hydrogens (tertiary/aromatic N) is 3. The van der Waals surface area contributed by atoms with Gasteiger partial charge in [-0.2, -0.15) is 5.10 Å². The van der Waals surface area contributed by atoms with Crippen molar-refractivity contribution in [3.8, 4) is 0 Å². The molecule has 0 aromatic heterocycles. The van der Waals surface area contributed by atoms with E-state index in [1.165, 1.54) is 16.7 Å². The van der Waals surface area contributed by atoms with Gasteiger partial charge in [0.05, 0.1) is 21.0 Å².